The largest absolute Gasteiger partial charge is 0.372 e. The number of aliphatic imine (C=N–C) groups is 1. The molecule has 0 amide bonds. The first-order chi connectivity index (χ1) is 12.6. The summed E-state index contributed by atoms with van der Waals surface area (Å²) in [6.45, 7) is 9.37. The molecule has 1 aliphatic heterocycles. The van der Waals surface area contributed by atoms with Crippen molar-refractivity contribution in [1.82, 2.24) is 15.6 Å². The number of rotatable bonds is 5. The molecule has 0 spiro atoms. The third-order valence-electron chi connectivity index (χ3n) is 4.90. The molecule has 0 bridgehead atoms. The van der Waals surface area contributed by atoms with Crippen LogP contribution in [0.5, 0.6) is 0 Å². The van der Waals surface area contributed by atoms with E-state index in [1.807, 2.05) is 0 Å². The Morgan fingerprint density at radius 1 is 1.30 bits per heavy atom. The van der Waals surface area contributed by atoms with Gasteiger partial charge in [0, 0.05) is 30.7 Å². The summed E-state index contributed by atoms with van der Waals surface area (Å²) in [5.74, 6) is 0.801. The van der Waals surface area contributed by atoms with E-state index in [2.05, 4.69) is 70.5 Å². The molecular formula is C20H30IN5S. The van der Waals surface area contributed by atoms with Crippen molar-refractivity contribution in [3.63, 3.8) is 0 Å². The van der Waals surface area contributed by atoms with Gasteiger partial charge in [0.05, 0.1) is 18.3 Å². The fourth-order valence-corrected chi connectivity index (χ4v) is 4.10. The van der Waals surface area contributed by atoms with Crippen LogP contribution in [-0.2, 0) is 6.54 Å². The van der Waals surface area contributed by atoms with Crippen LogP contribution in [0.25, 0.3) is 0 Å². The minimum Gasteiger partial charge on any atom is -0.372 e. The van der Waals surface area contributed by atoms with Crippen LogP contribution in [-0.4, -0.2) is 31.1 Å². The molecule has 1 aromatic heterocycles. The molecule has 2 N–H and O–H groups in total. The second kappa shape index (κ2) is 10.3. The smallest absolute Gasteiger partial charge is 0.191 e. The summed E-state index contributed by atoms with van der Waals surface area (Å²) in [5.41, 5.74) is 3.71. The quantitative estimate of drug-likeness (QED) is 0.364. The molecule has 1 saturated heterocycles. The second-order valence-electron chi connectivity index (χ2n) is 6.83. The molecular weight excluding hydrogens is 469 g/mol. The summed E-state index contributed by atoms with van der Waals surface area (Å²) in [6.07, 6.45) is 2.59. The highest BCUT2D eigenvalue weighted by Gasteiger charge is 2.14. The van der Waals surface area contributed by atoms with Gasteiger partial charge in [-0.05, 0) is 51.3 Å². The van der Waals surface area contributed by atoms with Crippen LogP contribution in [0.2, 0.25) is 0 Å². The van der Waals surface area contributed by atoms with Crippen LogP contribution in [0.15, 0.2) is 29.3 Å². The lowest BCUT2D eigenvalue weighted by Crippen LogP contribution is -2.38. The van der Waals surface area contributed by atoms with Gasteiger partial charge in [-0.3, -0.25) is 4.99 Å². The molecule has 1 atom stereocenters. The molecule has 1 aromatic carbocycles. The fraction of sp³-hybridized carbons (Fsp3) is 0.500. The first-order valence-electron chi connectivity index (χ1n) is 9.32. The van der Waals surface area contributed by atoms with E-state index in [1.165, 1.54) is 42.1 Å². The average Bonchev–Trinajstić information content (AvgIpc) is 3.29. The van der Waals surface area contributed by atoms with Crippen molar-refractivity contribution < 1.29 is 0 Å². The Bertz CT molecular complexity index is 748. The van der Waals surface area contributed by atoms with Gasteiger partial charge in [-0.1, -0.05) is 12.1 Å². The maximum Gasteiger partial charge on any atom is 0.191 e. The molecule has 1 fully saturated rings. The van der Waals surface area contributed by atoms with Crippen molar-refractivity contribution in [1.29, 1.82) is 0 Å². The molecule has 148 valence electrons. The number of benzene rings is 1. The van der Waals surface area contributed by atoms with E-state index in [-0.39, 0.29) is 30.0 Å². The third kappa shape index (κ3) is 5.81. The predicted molar refractivity (Wildman–Crippen MR) is 127 cm³/mol. The molecule has 1 aliphatic rings. The zero-order chi connectivity index (χ0) is 18.5. The molecule has 0 radical (unpaired) electrons. The molecule has 2 aromatic rings. The van der Waals surface area contributed by atoms with Gasteiger partial charge in [0.25, 0.3) is 0 Å². The lowest BCUT2D eigenvalue weighted by Gasteiger charge is -2.22. The molecule has 0 saturated carbocycles. The van der Waals surface area contributed by atoms with Crippen LogP contribution in [0, 0.1) is 13.8 Å². The maximum absolute atomic E-state index is 4.58. The van der Waals surface area contributed by atoms with Crippen molar-refractivity contribution in [2.24, 2.45) is 4.99 Å². The van der Waals surface area contributed by atoms with Crippen molar-refractivity contribution in [2.75, 3.05) is 25.0 Å². The van der Waals surface area contributed by atoms with E-state index >= 15 is 0 Å². The number of hydrogen-bond acceptors (Lipinski definition) is 4. The predicted octanol–water partition coefficient (Wildman–Crippen LogP) is 4.40. The highest BCUT2D eigenvalue weighted by Crippen LogP contribution is 2.24. The van der Waals surface area contributed by atoms with Gasteiger partial charge in [-0.2, -0.15) is 0 Å². The van der Waals surface area contributed by atoms with Crippen LogP contribution in [0.4, 0.5) is 5.69 Å². The molecule has 3 rings (SSSR count). The monoisotopic (exact) mass is 499 g/mol. The Kier molecular flexibility index (Phi) is 8.34. The van der Waals surface area contributed by atoms with Crippen molar-refractivity contribution in [2.45, 2.75) is 46.2 Å². The Hall–Kier alpha value is -1.35. The molecule has 27 heavy (non-hydrogen) atoms. The minimum atomic E-state index is 0. The van der Waals surface area contributed by atoms with Crippen molar-refractivity contribution in [3.05, 3.63) is 45.4 Å². The number of aromatic nitrogens is 1. The number of guanidine groups is 1. The number of aryl methyl sites for hydroxylation is 2. The van der Waals surface area contributed by atoms with E-state index in [4.69, 9.17) is 0 Å². The Balaban J connectivity index is 0.00000261. The van der Waals surface area contributed by atoms with E-state index in [9.17, 15) is 0 Å². The number of nitrogens with zero attached hydrogens (tertiary/aromatic N) is 3. The first kappa shape index (κ1) is 21.9. The average molecular weight is 499 g/mol. The van der Waals surface area contributed by atoms with Gasteiger partial charge in [-0.25, -0.2) is 4.98 Å². The van der Waals surface area contributed by atoms with Gasteiger partial charge < -0.3 is 15.5 Å². The third-order valence-corrected chi connectivity index (χ3v) is 5.97. The Morgan fingerprint density at radius 2 is 2.04 bits per heavy atom. The summed E-state index contributed by atoms with van der Waals surface area (Å²) >= 11 is 1.74. The lowest BCUT2D eigenvalue weighted by molar-refractivity contribution is 0.684. The van der Waals surface area contributed by atoms with Crippen LogP contribution in [0.1, 0.15) is 46.9 Å². The van der Waals surface area contributed by atoms with Gasteiger partial charge in [0.15, 0.2) is 5.96 Å². The van der Waals surface area contributed by atoms with Crippen molar-refractivity contribution >= 4 is 47.0 Å². The number of thiazole rings is 1. The standard InChI is InChI=1S/C20H29N5S.HI/c1-14-16(3)26-19(23-14)13-22-20(21-4)24-15(2)17-8-7-9-18(12-17)25-10-5-6-11-25;/h7-9,12,15H,5-6,10-11,13H2,1-4H3,(H2,21,22,24);1H. The summed E-state index contributed by atoms with van der Waals surface area (Å²) in [5, 5.41) is 7.95. The Labute approximate surface area is 183 Å². The van der Waals surface area contributed by atoms with Crippen molar-refractivity contribution in [3.8, 4) is 0 Å². The molecule has 7 heteroatoms. The molecule has 2 heterocycles. The van der Waals surface area contributed by atoms with Gasteiger partial charge in [0.1, 0.15) is 5.01 Å². The highest BCUT2D eigenvalue weighted by molar-refractivity contribution is 14.0. The van der Waals surface area contributed by atoms with Crippen LogP contribution in [0.3, 0.4) is 0 Å². The minimum absolute atomic E-state index is 0. The number of nitrogens with one attached hydrogen (secondary N) is 2. The maximum atomic E-state index is 4.58. The zero-order valence-electron chi connectivity index (χ0n) is 16.6. The summed E-state index contributed by atoms with van der Waals surface area (Å²) in [6, 6.07) is 9.02. The Morgan fingerprint density at radius 3 is 2.67 bits per heavy atom. The zero-order valence-corrected chi connectivity index (χ0v) is 19.7. The number of hydrogen-bond donors (Lipinski definition) is 2. The second-order valence-corrected chi connectivity index (χ2v) is 8.12. The van der Waals surface area contributed by atoms with Crippen LogP contribution >= 0.6 is 35.3 Å². The van der Waals surface area contributed by atoms with E-state index < -0.39 is 0 Å². The number of anilines is 1. The van der Waals surface area contributed by atoms with Crippen LogP contribution < -0.4 is 15.5 Å². The number of halogens is 1. The van der Waals surface area contributed by atoms with Gasteiger partial charge in [-0.15, -0.1) is 35.3 Å². The van der Waals surface area contributed by atoms with E-state index in [0.717, 1.165) is 16.7 Å². The summed E-state index contributed by atoms with van der Waals surface area (Å²) in [7, 11) is 1.81. The summed E-state index contributed by atoms with van der Waals surface area (Å²) in [4.78, 5) is 12.7. The van der Waals surface area contributed by atoms with E-state index in [0.29, 0.717) is 6.54 Å². The molecule has 1 unspecified atom stereocenters. The SMILES string of the molecule is CN=C(NCc1nc(C)c(C)s1)NC(C)c1cccc(N2CCCC2)c1.I. The normalized spacial score (nSPS) is 15.4. The van der Waals surface area contributed by atoms with Gasteiger partial charge >= 0.3 is 0 Å². The van der Waals surface area contributed by atoms with E-state index in [1.54, 1.807) is 18.4 Å². The molecule has 0 aliphatic carbocycles. The molecule has 5 nitrogen and oxygen atoms in total. The fourth-order valence-electron chi connectivity index (χ4n) is 3.22. The highest BCUT2D eigenvalue weighted by atomic mass is 127. The lowest BCUT2D eigenvalue weighted by atomic mass is 10.1. The van der Waals surface area contributed by atoms with Gasteiger partial charge in [0.2, 0.25) is 0 Å². The first-order valence-corrected chi connectivity index (χ1v) is 10.1. The summed E-state index contributed by atoms with van der Waals surface area (Å²) < 4.78 is 0. The topological polar surface area (TPSA) is 52.6 Å².